The number of carbonyl (C=O) groups excluding carboxylic acids is 1. The van der Waals surface area contributed by atoms with Gasteiger partial charge in [0.1, 0.15) is 5.56 Å². The largest absolute Gasteiger partial charge is 0.338 e. The van der Waals surface area contributed by atoms with Gasteiger partial charge < -0.3 is 15.6 Å². The summed E-state index contributed by atoms with van der Waals surface area (Å²) >= 11 is 0. The highest BCUT2D eigenvalue weighted by molar-refractivity contribution is 5.94. The molecule has 0 spiro atoms. The van der Waals surface area contributed by atoms with E-state index < -0.39 is 0 Å². The molecule has 1 saturated heterocycles. The summed E-state index contributed by atoms with van der Waals surface area (Å²) in [5.74, 6) is 0.749. The summed E-state index contributed by atoms with van der Waals surface area (Å²) in [5, 5.41) is 0. The van der Waals surface area contributed by atoms with Crippen molar-refractivity contribution in [2.24, 2.45) is 17.6 Å². The fourth-order valence-corrected chi connectivity index (χ4v) is 3.44. The van der Waals surface area contributed by atoms with Crippen LogP contribution in [0.5, 0.6) is 0 Å². The number of fused-ring (bicyclic) bond motifs is 1. The minimum absolute atomic E-state index is 0.163. The predicted molar refractivity (Wildman–Crippen MR) is 71.8 cm³/mol. The third-order valence-corrected chi connectivity index (χ3v) is 4.49. The van der Waals surface area contributed by atoms with Gasteiger partial charge in [-0.1, -0.05) is 6.42 Å². The van der Waals surface area contributed by atoms with Gasteiger partial charge in [-0.15, -0.1) is 0 Å². The van der Waals surface area contributed by atoms with E-state index in [-0.39, 0.29) is 23.1 Å². The van der Waals surface area contributed by atoms with Crippen LogP contribution in [0.3, 0.4) is 0 Å². The Morgan fingerprint density at radius 2 is 2.21 bits per heavy atom. The molecule has 3 rings (SSSR count). The maximum atomic E-state index is 12.4. The lowest BCUT2D eigenvalue weighted by molar-refractivity contribution is 0.0781. The lowest BCUT2D eigenvalue weighted by atomic mass is 9.78. The van der Waals surface area contributed by atoms with Crippen molar-refractivity contribution in [2.45, 2.75) is 25.3 Å². The highest BCUT2D eigenvalue weighted by atomic mass is 16.2. The van der Waals surface area contributed by atoms with Crippen molar-refractivity contribution >= 4 is 5.91 Å². The van der Waals surface area contributed by atoms with Crippen molar-refractivity contribution in [1.29, 1.82) is 0 Å². The van der Waals surface area contributed by atoms with Crippen LogP contribution in [0.25, 0.3) is 0 Å². The number of nitrogens with two attached hydrogens (primary N) is 1. The van der Waals surface area contributed by atoms with E-state index in [0.29, 0.717) is 18.4 Å². The first-order chi connectivity index (χ1) is 9.16. The number of aromatic nitrogens is 1. The number of hydrogen-bond acceptors (Lipinski definition) is 3. The van der Waals surface area contributed by atoms with Gasteiger partial charge in [-0.3, -0.25) is 9.59 Å². The van der Waals surface area contributed by atoms with Gasteiger partial charge in [0.25, 0.3) is 11.5 Å². The molecule has 102 valence electrons. The van der Waals surface area contributed by atoms with E-state index >= 15 is 0 Å². The standard InChI is InChI=1S/C14H19N3O2/c15-12-5-1-3-9-7-17(8-11(9)12)14(19)10-4-2-6-16-13(10)18/h2,4,6,9,11-12H,1,3,5,7-8,15H2,(H,16,18). The topological polar surface area (TPSA) is 79.2 Å². The molecule has 1 aromatic heterocycles. The monoisotopic (exact) mass is 261 g/mol. The van der Waals surface area contributed by atoms with Gasteiger partial charge in [0, 0.05) is 25.3 Å². The number of nitrogens with one attached hydrogen (secondary N) is 1. The maximum Gasteiger partial charge on any atom is 0.260 e. The summed E-state index contributed by atoms with van der Waals surface area (Å²) in [6.45, 7) is 1.44. The molecular formula is C14H19N3O2. The summed E-state index contributed by atoms with van der Waals surface area (Å²) in [6.07, 6.45) is 4.89. The van der Waals surface area contributed by atoms with Crippen LogP contribution >= 0.6 is 0 Å². The Hall–Kier alpha value is -1.62. The second kappa shape index (κ2) is 4.81. The Bertz CT molecular complexity index is 539. The van der Waals surface area contributed by atoms with Gasteiger partial charge in [0.05, 0.1) is 0 Å². The van der Waals surface area contributed by atoms with Crippen LogP contribution in [0.4, 0.5) is 0 Å². The molecule has 0 aromatic carbocycles. The quantitative estimate of drug-likeness (QED) is 0.776. The molecule has 1 amide bonds. The van der Waals surface area contributed by atoms with E-state index in [1.54, 1.807) is 23.2 Å². The lowest BCUT2D eigenvalue weighted by Crippen LogP contribution is -2.38. The fourth-order valence-electron chi connectivity index (χ4n) is 3.44. The number of carbonyl (C=O) groups is 1. The Morgan fingerprint density at radius 3 is 2.95 bits per heavy atom. The fraction of sp³-hybridized carbons (Fsp3) is 0.571. The third kappa shape index (κ3) is 2.18. The van der Waals surface area contributed by atoms with Crippen LogP contribution in [-0.4, -0.2) is 34.9 Å². The van der Waals surface area contributed by atoms with Crippen LogP contribution in [0.1, 0.15) is 29.6 Å². The Balaban J connectivity index is 1.79. The maximum absolute atomic E-state index is 12.4. The highest BCUT2D eigenvalue weighted by Crippen LogP contribution is 2.35. The average molecular weight is 261 g/mol. The van der Waals surface area contributed by atoms with E-state index in [1.165, 1.54) is 0 Å². The number of H-pyrrole nitrogens is 1. The molecule has 5 nitrogen and oxygen atoms in total. The zero-order chi connectivity index (χ0) is 13.4. The molecule has 0 radical (unpaired) electrons. The van der Waals surface area contributed by atoms with Crippen molar-refractivity contribution in [3.05, 3.63) is 34.2 Å². The summed E-state index contributed by atoms with van der Waals surface area (Å²) in [5.41, 5.74) is 6.06. The van der Waals surface area contributed by atoms with E-state index in [1.807, 2.05) is 0 Å². The van der Waals surface area contributed by atoms with Crippen molar-refractivity contribution < 1.29 is 4.79 Å². The van der Waals surface area contributed by atoms with Crippen molar-refractivity contribution in [2.75, 3.05) is 13.1 Å². The van der Waals surface area contributed by atoms with Gasteiger partial charge in [0.2, 0.25) is 0 Å². The van der Waals surface area contributed by atoms with E-state index in [4.69, 9.17) is 5.73 Å². The molecule has 5 heteroatoms. The number of rotatable bonds is 1. The Labute approximate surface area is 111 Å². The van der Waals surface area contributed by atoms with Gasteiger partial charge in [0.15, 0.2) is 0 Å². The van der Waals surface area contributed by atoms with Crippen LogP contribution in [0, 0.1) is 11.8 Å². The summed E-state index contributed by atoms with van der Waals surface area (Å²) in [4.78, 5) is 28.4. The molecule has 2 aliphatic rings. The molecule has 1 aliphatic heterocycles. The van der Waals surface area contributed by atoms with Crippen LogP contribution < -0.4 is 11.3 Å². The van der Waals surface area contributed by atoms with Gasteiger partial charge >= 0.3 is 0 Å². The SMILES string of the molecule is NC1CCCC2CN(C(=O)c3ccc[nH]c3=O)CC12. The molecule has 3 atom stereocenters. The third-order valence-electron chi connectivity index (χ3n) is 4.49. The molecule has 3 unspecified atom stereocenters. The molecular weight excluding hydrogens is 242 g/mol. The number of likely N-dealkylation sites (tertiary alicyclic amines) is 1. The molecule has 2 fully saturated rings. The average Bonchev–Trinajstić information content (AvgIpc) is 2.84. The van der Waals surface area contributed by atoms with Crippen molar-refractivity contribution in [3.8, 4) is 0 Å². The number of aromatic amines is 1. The number of amides is 1. The Kier molecular flexibility index (Phi) is 3.14. The van der Waals surface area contributed by atoms with Crippen molar-refractivity contribution in [1.82, 2.24) is 9.88 Å². The smallest absolute Gasteiger partial charge is 0.260 e. The lowest BCUT2D eigenvalue weighted by Gasteiger charge is -2.29. The second-order valence-corrected chi connectivity index (χ2v) is 5.64. The predicted octanol–water partition coefficient (Wildman–Crippen LogP) is 0.574. The molecule has 19 heavy (non-hydrogen) atoms. The molecule has 1 saturated carbocycles. The molecule has 0 bridgehead atoms. The first kappa shape index (κ1) is 12.4. The molecule has 1 aromatic rings. The zero-order valence-electron chi connectivity index (χ0n) is 10.8. The van der Waals surface area contributed by atoms with Crippen molar-refractivity contribution in [3.63, 3.8) is 0 Å². The van der Waals surface area contributed by atoms with E-state index in [0.717, 1.165) is 25.8 Å². The van der Waals surface area contributed by atoms with Gasteiger partial charge in [-0.2, -0.15) is 0 Å². The number of hydrogen-bond donors (Lipinski definition) is 2. The highest BCUT2D eigenvalue weighted by Gasteiger charge is 2.40. The number of nitrogens with zero attached hydrogens (tertiary/aromatic N) is 1. The normalized spacial score (nSPS) is 30.2. The Morgan fingerprint density at radius 1 is 1.37 bits per heavy atom. The van der Waals surface area contributed by atoms with Crippen LogP contribution in [0.15, 0.2) is 23.1 Å². The van der Waals surface area contributed by atoms with Gasteiger partial charge in [-0.25, -0.2) is 0 Å². The summed E-state index contributed by atoms with van der Waals surface area (Å²) in [6, 6.07) is 3.47. The van der Waals surface area contributed by atoms with E-state index in [2.05, 4.69) is 4.98 Å². The van der Waals surface area contributed by atoms with Crippen LogP contribution in [0.2, 0.25) is 0 Å². The molecule has 3 N–H and O–H groups in total. The molecule has 1 aliphatic carbocycles. The molecule has 2 heterocycles. The minimum atomic E-state index is -0.313. The minimum Gasteiger partial charge on any atom is -0.338 e. The first-order valence-electron chi connectivity index (χ1n) is 6.89. The van der Waals surface area contributed by atoms with Crippen LogP contribution in [-0.2, 0) is 0 Å². The second-order valence-electron chi connectivity index (χ2n) is 5.64. The first-order valence-corrected chi connectivity index (χ1v) is 6.89. The van der Waals surface area contributed by atoms with E-state index in [9.17, 15) is 9.59 Å². The zero-order valence-corrected chi connectivity index (χ0v) is 10.8. The number of pyridine rings is 1. The summed E-state index contributed by atoms with van der Waals surface area (Å²) in [7, 11) is 0. The van der Waals surface area contributed by atoms with Gasteiger partial charge in [-0.05, 0) is 36.8 Å². The summed E-state index contributed by atoms with van der Waals surface area (Å²) < 4.78 is 0.